The molecule has 1 atom stereocenters. The third kappa shape index (κ3) is 3.71. The van der Waals surface area contributed by atoms with Crippen molar-refractivity contribution in [1.82, 2.24) is 10.3 Å². The van der Waals surface area contributed by atoms with E-state index in [4.69, 9.17) is 10.5 Å². The van der Waals surface area contributed by atoms with E-state index in [9.17, 15) is 4.79 Å². The van der Waals surface area contributed by atoms with Gasteiger partial charge in [-0.15, -0.1) is 0 Å². The van der Waals surface area contributed by atoms with Gasteiger partial charge >= 0.3 is 0 Å². The Balaban J connectivity index is 2.30. The first kappa shape index (κ1) is 15.7. The van der Waals surface area contributed by atoms with Crippen molar-refractivity contribution < 1.29 is 9.53 Å². The molecule has 6 nitrogen and oxygen atoms in total. The number of hydrogen-bond acceptors (Lipinski definition) is 5. The van der Waals surface area contributed by atoms with Crippen molar-refractivity contribution in [3.05, 3.63) is 23.4 Å². The van der Waals surface area contributed by atoms with Crippen LogP contribution in [0.2, 0.25) is 0 Å². The summed E-state index contributed by atoms with van der Waals surface area (Å²) in [6, 6.07) is 3.65. The predicted octanol–water partition coefficient (Wildman–Crippen LogP) is 0.579. The van der Waals surface area contributed by atoms with E-state index < -0.39 is 0 Å². The number of hydrogen-bond donors (Lipinski definition) is 2. The van der Waals surface area contributed by atoms with Gasteiger partial charge in [0.1, 0.15) is 11.9 Å². The third-order valence-corrected chi connectivity index (χ3v) is 3.45. The number of nitrogens with two attached hydrogens (primary N) is 1. The van der Waals surface area contributed by atoms with Gasteiger partial charge in [-0.3, -0.25) is 4.79 Å². The molecule has 0 saturated carbocycles. The Morgan fingerprint density at radius 2 is 2.33 bits per heavy atom. The average molecular weight is 292 g/mol. The van der Waals surface area contributed by atoms with Crippen LogP contribution in [0.1, 0.15) is 25.1 Å². The standard InChI is InChI=1S/C15H24N4O2/c1-10(2)17-15(20)13-9-21-7-6-19(13)14-12(8-16)5-4-11(3)18-14/h4-5,10,13H,6-9,16H2,1-3H3,(H,17,20). The molecule has 1 unspecified atom stereocenters. The molecule has 1 aliphatic heterocycles. The van der Waals surface area contributed by atoms with Gasteiger partial charge in [0.2, 0.25) is 5.91 Å². The first-order valence-electron chi connectivity index (χ1n) is 7.34. The number of aryl methyl sites for hydroxylation is 1. The second kappa shape index (κ2) is 6.87. The minimum Gasteiger partial charge on any atom is -0.377 e. The second-order valence-corrected chi connectivity index (χ2v) is 5.59. The van der Waals surface area contributed by atoms with E-state index in [1.54, 1.807) is 0 Å². The first-order valence-corrected chi connectivity index (χ1v) is 7.34. The highest BCUT2D eigenvalue weighted by atomic mass is 16.5. The van der Waals surface area contributed by atoms with E-state index >= 15 is 0 Å². The Morgan fingerprint density at radius 3 is 3.00 bits per heavy atom. The van der Waals surface area contributed by atoms with Gasteiger partial charge in [-0.1, -0.05) is 6.07 Å². The molecule has 1 aromatic rings. The molecular weight excluding hydrogens is 268 g/mol. The number of carbonyl (C=O) groups is 1. The number of nitrogens with zero attached hydrogens (tertiary/aromatic N) is 2. The molecule has 1 amide bonds. The molecule has 6 heteroatoms. The van der Waals surface area contributed by atoms with Gasteiger partial charge in [-0.05, 0) is 26.8 Å². The summed E-state index contributed by atoms with van der Waals surface area (Å²) >= 11 is 0. The molecule has 0 bridgehead atoms. The Kier molecular flexibility index (Phi) is 5.14. The predicted molar refractivity (Wildman–Crippen MR) is 82.1 cm³/mol. The van der Waals surface area contributed by atoms with Gasteiger partial charge in [-0.2, -0.15) is 0 Å². The molecule has 2 heterocycles. The van der Waals surface area contributed by atoms with E-state index in [1.807, 2.05) is 37.8 Å². The van der Waals surface area contributed by atoms with Gasteiger partial charge in [0.25, 0.3) is 0 Å². The Morgan fingerprint density at radius 1 is 1.57 bits per heavy atom. The van der Waals surface area contributed by atoms with Crippen LogP contribution in [0.4, 0.5) is 5.82 Å². The van der Waals surface area contributed by atoms with Crippen molar-refractivity contribution in [2.45, 2.75) is 39.4 Å². The monoisotopic (exact) mass is 292 g/mol. The summed E-state index contributed by atoms with van der Waals surface area (Å²) in [5, 5.41) is 2.94. The molecule has 0 spiro atoms. The number of morpholine rings is 1. The Hall–Kier alpha value is -1.66. The van der Waals surface area contributed by atoms with Crippen LogP contribution in [0.3, 0.4) is 0 Å². The first-order chi connectivity index (χ1) is 10.0. The summed E-state index contributed by atoms with van der Waals surface area (Å²) in [7, 11) is 0. The van der Waals surface area contributed by atoms with Gasteiger partial charge in [-0.25, -0.2) is 4.98 Å². The highest BCUT2D eigenvalue weighted by Gasteiger charge is 2.31. The topological polar surface area (TPSA) is 80.5 Å². The molecule has 1 fully saturated rings. The lowest BCUT2D eigenvalue weighted by molar-refractivity contribution is -0.125. The molecule has 21 heavy (non-hydrogen) atoms. The largest absolute Gasteiger partial charge is 0.377 e. The van der Waals surface area contributed by atoms with Crippen molar-refractivity contribution >= 4 is 11.7 Å². The molecule has 0 aromatic carbocycles. The molecule has 1 aliphatic rings. The lowest BCUT2D eigenvalue weighted by atomic mass is 10.1. The normalized spacial score (nSPS) is 18.9. The molecule has 3 N–H and O–H groups in total. The number of anilines is 1. The molecule has 0 aliphatic carbocycles. The van der Waals surface area contributed by atoms with Crippen LogP contribution in [0, 0.1) is 6.92 Å². The average Bonchev–Trinajstić information content (AvgIpc) is 2.46. The number of ether oxygens (including phenoxy) is 1. The van der Waals surface area contributed by atoms with Gasteiger partial charge in [0.05, 0.1) is 13.2 Å². The zero-order chi connectivity index (χ0) is 15.4. The van der Waals surface area contributed by atoms with E-state index in [0.717, 1.165) is 17.1 Å². The number of amides is 1. The van der Waals surface area contributed by atoms with Crippen molar-refractivity contribution in [1.29, 1.82) is 0 Å². The fourth-order valence-corrected chi connectivity index (χ4v) is 2.43. The second-order valence-electron chi connectivity index (χ2n) is 5.59. The van der Waals surface area contributed by atoms with E-state index in [-0.39, 0.29) is 18.0 Å². The number of rotatable bonds is 4. The van der Waals surface area contributed by atoms with Crippen LogP contribution in [0.5, 0.6) is 0 Å². The lowest BCUT2D eigenvalue weighted by Gasteiger charge is -2.36. The van der Waals surface area contributed by atoms with Crippen molar-refractivity contribution in [3.8, 4) is 0 Å². The van der Waals surface area contributed by atoms with Crippen molar-refractivity contribution in [3.63, 3.8) is 0 Å². The van der Waals surface area contributed by atoms with E-state index in [1.165, 1.54) is 0 Å². The molecule has 116 valence electrons. The van der Waals surface area contributed by atoms with Crippen LogP contribution in [0.15, 0.2) is 12.1 Å². The Bertz CT molecular complexity index is 504. The summed E-state index contributed by atoms with van der Waals surface area (Å²) in [5.74, 6) is 0.765. The number of nitrogens with one attached hydrogen (secondary N) is 1. The molecule has 2 rings (SSSR count). The summed E-state index contributed by atoms with van der Waals surface area (Å²) in [6.07, 6.45) is 0. The molecular formula is C15H24N4O2. The van der Waals surface area contributed by atoms with Crippen molar-refractivity contribution in [2.24, 2.45) is 5.73 Å². The van der Waals surface area contributed by atoms with Crippen LogP contribution < -0.4 is 16.0 Å². The summed E-state index contributed by atoms with van der Waals surface area (Å²) in [5.41, 5.74) is 7.67. The third-order valence-electron chi connectivity index (χ3n) is 3.45. The van der Waals surface area contributed by atoms with Gasteiger partial charge in [0, 0.05) is 30.4 Å². The fraction of sp³-hybridized carbons (Fsp3) is 0.600. The lowest BCUT2D eigenvalue weighted by Crippen LogP contribution is -2.55. The Labute approximate surface area is 125 Å². The van der Waals surface area contributed by atoms with Crippen LogP contribution >= 0.6 is 0 Å². The maximum Gasteiger partial charge on any atom is 0.245 e. The maximum absolute atomic E-state index is 12.4. The quantitative estimate of drug-likeness (QED) is 0.848. The maximum atomic E-state index is 12.4. The summed E-state index contributed by atoms with van der Waals surface area (Å²) in [6.45, 7) is 7.83. The van der Waals surface area contributed by atoms with E-state index in [2.05, 4.69) is 10.3 Å². The number of aromatic nitrogens is 1. The van der Waals surface area contributed by atoms with E-state index in [0.29, 0.717) is 26.3 Å². The fourth-order valence-electron chi connectivity index (χ4n) is 2.43. The van der Waals surface area contributed by atoms with Crippen molar-refractivity contribution in [2.75, 3.05) is 24.7 Å². The number of carbonyl (C=O) groups excluding carboxylic acids is 1. The van der Waals surface area contributed by atoms with Gasteiger partial charge < -0.3 is 20.7 Å². The highest BCUT2D eigenvalue weighted by Crippen LogP contribution is 2.22. The SMILES string of the molecule is Cc1ccc(CN)c(N2CCOCC2C(=O)NC(C)C)n1. The van der Waals surface area contributed by atoms with Crippen LogP contribution in [-0.4, -0.2) is 42.7 Å². The summed E-state index contributed by atoms with van der Waals surface area (Å²) in [4.78, 5) is 19.0. The zero-order valence-electron chi connectivity index (χ0n) is 12.9. The molecule has 0 radical (unpaired) electrons. The molecule has 1 aromatic heterocycles. The molecule has 1 saturated heterocycles. The smallest absolute Gasteiger partial charge is 0.245 e. The minimum absolute atomic E-state index is 0.0315. The highest BCUT2D eigenvalue weighted by molar-refractivity contribution is 5.85. The zero-order valence-corrected chi connectivity index (χ0v) is 12.9. The summed E-state index contributed by atoms with van der Waals surface area (Å²) < 4.78 is 5.48. The minimum atomic E-state index is -0.360. The van der Waals surface area contributed by atoms with Crippen LogP contribution in [0.25, 0.3) is 0 Å². The van der Waals surface area contributed by atoms with Crippen LogP contribution in [-0.2, 0) is 16.1 Å². The van der Waals surface area contributed by atoms with Gasteiger partial charge in [0.15, 0.2) is 0 Å². The number of pyridine rings is 1.